The maximum absolute atomic E-state index is 15.0. The number of fused-ring (bicyclic) bond motifs is 1. The highest BCUT2D eigenvalue weighted by molar-refractivity contribution is 5.83. The first-order valence-electron chi connectivity index (χ1n) is 12.5. The fourth-order valence-corrected chi connectivity index (χ4v) is 4.45. The van der Waals surface area contributed by atoms with Crippen molar-refractivity contribution in [3.63, 3.8) is 0 Å². The largest absolute Gasteiger partial charge is 0.433 e. The molecule has 208 valence electrons. The second kappa shape index (κ2) is 11.4. The van der Waals surface area contributed by atoms with Gasteiger partial charge in [0, 0.05) is 44.0 Å². The number of aryl methyl sites for hydroxylation is 1. The molecular weight excluding hydrogens is 509 g/mol. The Morgan fingerprint density at radius 1 is 1.08 bits per heavy atom. The number of nitrogen functional groups attached to an aromatic ring is 1. The molecule has 2 aromatic heterocycles. The highest BCUT2D eigenvalue weighted by Gasteiger charge is 2.19. The van der Waals surface area contributed by atoms with Crippen molar-refractivity contribution in [3.8, 4) is 17.0 Å². The lowest BCUT2D eigenvalue weighted by Crippen LogP contribution is -2.29. The van der Waals surface area contributed by atoms with Gasteiger partial charge in [0.25, 0.3) is 0 Å². The molecule has 3 N–H and O–H groups in total. The number of nitrogens with zero attached hydrogens (tertiary/aromatic N) is 6. The number of hydrogen-bond acceptors (Lipinski definition) is 8. The molecule has 0 atom stereocenters. The van der Waals surface area contributed by atoms with E-state index < -0.39 is 12.4 Å². The second-order valence-corrected chi connectivity index (χ2v) is 9.85. The van der Waals surface area contributed by atoms with Crippen LogP contribution in [-0.2, 0) is 0 Å². The van der Waals surface area contributed by atoms with Gasteiger partial charge < -0.3 is 30.2 Å². The molecule has 39 heavy (non-hydrogen) atoms. The predicted molar refractivity (Wildman–Crippen MR) is 148 cm³/mol. The second-order valence-electron chi connectivity index (χ2n) is 9.85. The van der Waals surface area contributed by atoms with Crippen LogP contribution in [0.1, 0.15) is 25.7 Å². The number of benzene rings is 2. The maximum Gasteiger partial charge on any atom is 0.387 e. The number of imidazole rings is 1. The molecule has 0 aliphatic rings. The number of anilines is 4. The molecule has 2 heterocycles. The van der Waals surface area contributed by atoms with Crippen molar-refractivity contribution in [1.82, 2.24) is 24.4 Å². The summed E-state index contributed by atoms with van der Waals surface area (Å²) in [5.41, 5.74) is 9.27. The van der Waals surface area contributed by atoms with Gasteiger partial charge in [-0.1, -0.05) is 0 Å². The van der Waals surface area contributed by atoms with Crippen molar-refractivity contribution in [1.29, 1.82) is 0 Å². The topological polar surface area (TPSA) is 97.4 Å². The minimum atomic E-state index is -3.05. The van der Waals surface area contributed by atoms with Crippen LogP contribution < -0.4 is 20.7 Å². The van der Waals surface area contributed by atoms with E-state index in [0.29, 0.717) is 40.5 Å². The molecular formula is C27H33F3N8O. The van der Waals surface area contributed by atoms with E-state index in [2.05, 4.69) is 20.3 Å². The van der Waals surface area contributed by atoms with Gasteiger partial charge in [-0.25, -0.2) is 19.3 Å². The van der Waals surface area contributed by atoms with E-state index in [1.165, 1.54) is 24.4 Å². The minimum Gasteiger partial charge on any atom is -0.433 e. The van der Waals surface area contributed by atoms with Crippen molar-refractivity contribution in [2.24, 2.45) is 0 Å². The lowest BCUT2D eigenvalue weighted by molar-refractivity contribution is -0.0493. The molecule has 0 saturated carbocycles. The first-order valence-corrected chi connectivity index (χ1v) is 12.5. The monoisotopic (exact) mass is 542 g/mol. The highest BCUT2D eigenvalue weighted by atomic mass is 19.3. The Hall–Kier alpha value is -4.06. The van der Waals surface area contributed by atoms with Gasteiger partial charge in [0.2, 0.25) is 5.95 Å². The van der Waals surface area contributed by atoms with Crippen molar-refractivity contribution >= 4 is 34.0 Å². The lowest BCUT2D eigenvalue weighted by atomic mass is 10.1. The van der Waals surface area contributed by atoms with Crippen LogP contribution in [0.3, 0.4) is 0 Å². The third kappa shape index (κ3) is 6.17. The fraction of sp³-hybridized carbons (Fsp3) is 0.370. The summed E-state index contributed by atoms with van der Waals surface area (Å²) in [6, 6.07) is 7.88. The molecule has 0 aliphatic carbocycles. The third-order valence-electron chi connectivity index (χ3n) is 6.28. The Labute approximate surface area is 225 Å². The number of hydrogen-bond donors (Lipinski definition) is 2. The Kier molecular flexibility index (Phi) is 8.14. The molecule has 0 fully saturated rings. The van der Waals surface area contributed by atoms with Crippen molar-refractivity contribution in [2.75, 3.05) is 50.2 Å². The number of nitrogens with one attached hydrogen (secondary N) is 1. The Balaban J connectivity index is 1.69. The number of rotatable bonds is 10. The van der Waals surface area contributed by atoms with Crippen LogP contribution in [-0.4, -0.2) is 65.3 Å². The molecule has 0 amide bonds. The molecule has 2 aromatic carbocycles. The SMILES string of the molecule is Cc1nc2c(F)cc(-c3ccnc(Nc4cc(N)c(N(C)CCN(C)C)cc4OC(F)F)n3)cc2n1C(C)C. The number of ether oxygens (including phenoxy) is 1. The summed E-state index contributed by atoms with van der Waals surface area (Å²) in [6.45, 7) is 4.15. The van der Waals surface area contributed by atoms with Crippen LogP contribution in [0.4, 0.5) is 36.2 Å². The molecule has 0 saturated heterocycles. The maximum atomic E-state index is 15.0. The Bertz CT molecular complexity index is 1470. The number of likely N-dealkylation sites (N-methyl/N-ethyl adjacent to an activating group) is 2. The van der Waals surface area contributed by atoms with Crippen molar-refractivity contribution in [2.45, 2.75) is 33.4 Å². The molecule has 0 radical (unpaired) electrons. The average Bonchev–Trinajstić information content (AvgIpc) is 3.20. The summed E-state index contributed by atoms with van der Waals surface area (Å²) >= 11 is 0. The molecule has 0 unspecified atom stereocenters. The van der Waals surface area contributed by atoms with Gasteiger partial charge in [0.05, 0.1) is 28.3 Å². The molecule has 9 nitrogen and oxygen atoms in total. The summed E-state index contributed by atoms with van der Waals surface area (Å²) in [6.07, 6.45) is 1.50. The summed E-state index contributed by atoms with van der Waals surface area (Å²) in [4.78, 5) is 17.0. The van der Waals surface area contributed by atoms with E-state index in [9.17, 15) is 8.78 Å². The Morgan fingerprint density at radius 2 is 1.82 bits per heavy atom. The quantitative estimate of drug-likeness (QED) is 0.256. The molecule has 4 rings (SSSR count). The van der Waals surface area contributed by atoms with E-state index in [-0.39, 0.29) is 28.9 Å². The summed E-state index contributed by atoms with van der Waals surface area (Å²) in [7, 11) is 5.70. The molecule has 12 heteroatoms. The highest BCUT2D eigenvalue weighted by Crippen LogP contribution is 2.37. The van der Waals surface area contributed by atoms with Crippen LogP contribution in [0.2, 0.25) is 0 Å². The number of nitrogens with two attached hydrogens (primary N) is 1. The number of aromatic nitrogens is 4. The minimum absolute atomic E-state index is 0.0795. The van der Waals surface area contributed by atoms with Gasteiger partial charge in [-0.2, -0.15) is 8.78 Å². The molecule has 0 spiro atoms. The first kappa shape index (κ1) is 28.0. The molecule has 0 bridgehead atoms. The van der Waals surface area contributed by atoms with Crippen LogP contribution in [0.5, 0.6) is 5.75 Å². The summed E-state index contributed by atoms with van der Waals surface area (Å²) in [5, 5.41) is 2.93. The van der Waals surface area contributed by atoms with Gasteiger partial charge in [0.15, 0.2) is 11.6 Å². The normalized spacial score (nSPS) is 11.7. The first-order chi connectivity index (χ1) is 18.4. The van der Waals surface area contributed by atoms with E-state index >= 15 is 4.39 Å². The zero-order valence-electron chi connectivity index (χ0n) is 22.8. The van der Waals surface area contributed by atoms with E-state index in [0.717, 1.165) is 6.54 Å². The number of alkyl halides is 2. The summed E-state index contributed by atoms with van der Waals surface area (Å²) < 4.78 is 48.4. The van der Waals surface area contributed by atoms with E-state index in [1.54, 1.807) is 6.07 Å². The zero-order valence-corrected chi connectivity index (χ0v) is 22.8. The van der Waals surface area contributed by atoms with Gasteiger partial charge in [-0.3, -0.25) is 0 Å². The van der Waals surface area contributed by atoms with Gasteiger partial charge in [-0.05, 0) is 59.1 Å². The third-order valence-corrected chi connectivity index (χ3v) is 6.28. The average molecular weight is 543 g/mol. The van der Waals surface area contributed by atoms with Crippen LogP contribution in [0.25, 0.3) is 22.3 Å². The standard InChI is InChI=1S/C27H33F3N8O/c1-15(2)38-16(3)33-25-18(28)11-17(12-23(25)38)20-7-8-32-27(34-20)35-21-13-19(31)22(14-24(21)39-26(29)30)37(6)10-9-36(4)5/h7-8,11-15,26H,9-10,31H2,1-6H3,(H,32,34,35). The molecule has 4 aromatic rings. The predicted octanol–water partition coefficient (Wildman–Crippen LogP) is 5.45. The van der Waals surface area contributed by atoms with Crippen LogP contribution >= 0.6 is 0 Å². The molecule has 0 aliphatic heterocycles. The van der Waals surface area contributed by atoms with E-state index in [4.69, 9.17) is 10.5 Å². The lowest BCUT2D eigenvalue weighted by Gasteiger charge is -2.24. The van der Waals surface area contributed by atoms with Crippen LogP contribution in [0, 0.1) is 12.7 Å². The van der Waals surface area contributed by atoms with Crippen LogP contribution in [0.15, 0.2) is 36.5 Å². The summed E-state index contributed by atoms with van der Waals surface area (Å²) in [5.74, 6) is 0.242. The van der Waals surface area contributed by atoms with Gasteiger partial charge in [0.1, 0.15) is 11.3 Å². The van der Waals surface area contributed by atoms with E-state index in [1.807, 2.05) is 62.3 Å². The Morgan fingerprint density at radius 3 is 2.49 bits per heavy atom. The van der Waals surface area contributed by atoms with Crippen molar-refractivity contribution < 1.29 is 17.9 Å². The van der Waals surface area contributed by atoms with Gasteiger partial charge in [-0.15, -0.1) is 0 Å². The smallest absolute Gasteiger partial charge is 0.387 e. The van der Waals surface area contributed by atoms with Crippen molar-refractivity contribution in [3.05, 3.63) is 48.2 Å². The number of halogens is 3. The zero-order chi connectivity index (χ0) is 28.4. The van der Waals surface area contributed by atoms with Gasteiger partial charge >= 0.3 is 6.61 Å². The fourth-order valence-electron chi connectivity index (χ4n) is 4.45.